The molecule has 0 saturated carbocycles. The number of rotatable bonds is 5. The Morgan fingerprint density at radius 3 is 2.18 bits per heavy atom. The Labute approximate surface area is 107 Å². The molecule has 0 heterocycles. The van der Waals surface area contributed by atoms with Crippen LogP contribution in [-0.2, 0) is 0 Å². The van der Waals surface area contributed by atoms with E-state index < -0.39 is 0 Å². The molecule has 0 nitrogen and oxygen atoms in total. The Balaban J connectivity index is 3.36. The van der Waals surface area contributed by atoms with Crippen molar-refractivity contribution in [1.29, 1.82) is 0 Å². The summed E-state index contributed by atoms with van der Waals surface area (Å²) in [5.41, 5.74) is 6.05. The molecule has 94 valence electrons. The minimum Gasteiger partial charge on any atom is -0.0985 e. The van der Waals surface area contributed by atoms with Crippen molar-refractivity contribution in [3.05, 3.63) is 47.1 Å². The SMILES string of the molecule is C=CC1=CC=C(CC)C(CC)C(CC)=C1CC. The first-order valence-corrected chi connectivity index (χ1v) is 6.98. The summed E-state index contributed by atoms with van der Waals surface area (Å²) in [4.78, 5) is 0. The zero-order valence-electron chi connectivity index (χ0n) is 11.8. The third-order valence-corrected chi connectivity index (χ3v) is 3.85. The minimum atomic E-state index is 0.647. The molecule has 0 amide bonds. The maximum atomic E-state index is 3.96. The molecule has 0 aliphatic heterocycles. The molecule has 0 aromatic heterocycles. The number of hydrogen-bond donors (Lipinski definition) is 0. The Hall–Kier alpha value is -1.04. The third-order valence-electron chi connectivity index (χ3n) is 3.85. The Kier molecular flexibility index (Phi) is 5.47. The van der Waals surface area contributed by atoms with Gasteiger partial charge in [0.15, 0.2) is 0 Å². The van der Waals surface area contributed by atoms with Gasteiger partial charge in [-0.05, 0) is 36.8 Å². The fraction of sp³-hybridized carbons (Fsp3) is 0.529. The maximum Gasteiger partial charge on any atom is 0.00133 e. The highest BCUT2D eigenvalue weighted by atomic mass is 14.3. The smallest absolute Gasteiger partial charge is 0.00133 e. The van der Waals surface area contributed by atoms with Crippen LogP contribution >= 0.6 is 0 Å². The first-order valence-electron chi connectivity index (χ1n) is 6.98. The molecule has 1 aliphatic carbocycles. The van der Waals surface area contributed by atoms with Crippen LogP contribution in [-0.4, -0.2) is 0 Å². The van der Waals surface area contributed by atoms with Crippen molar-refractivity contribution in [2.75, 3.05) is 0 Å². The van der Waals surface area contributed by atoms with Crippen LogP contribution in [0.25, 0.3) is 0 Å². The van der Waals surface area contributed by atoms with Crippen LogP contribution in [0.2, 0.25) is 0 Å². The first kappa shape index (κ1) is 14.0. The lowest BCUT2D eigenvalue weighted by Gasteiger charge is -2.23. The van der Waals surface area contributed by atoms with Crippen molar-refractivity contribution >= 4 is 0 Å². The normalized spacial score (nSPS) is 20.8. The monoisotopic (exact) mass is 230 g/mol. The summed E-state index contributed by atoms with van der Waals surface area (Å²) in [6, 6.07) is 0. The molecule has 0 spiro atoms. The quantitative estimate of drug-likeness (QED) is 0.577. The fourth-order valence-electron chi connectivity index (χ4n) is 2.99. The molecule has 0 fully saturated rings. The first-order chi connectivity index (χ1) is 8.23. The lowest BCUT2D eigenvalue weighted by Crippen LogP contribution is -2.08. The maximum absolute atomic E-state index is 3.96. The molecule has 0 heteroatoms. The van der Waals surface area contributed by atoms with Crippen LogP contribution < -0.4 is 0 Å². The van der Waals surface area contributed by atoms with E-state index in [9.17, 15) is 0 Å². The molecular formula is C17H26. The summed E-state index contributed by atoms with van der Waals surface area (Å²) in [6.45, 7) is 13.1. The van der Waals surface area contributed by atoms with Gasteiger partial charge in [-0.2, -0.15) is 0 Å². The molecule has 1 atom stereocenters. The summed E-state index contributed by atoms with van der Waals surface area (Å²) < 4.78 is 0. The van der Waals surface area contributed by atoms with E-state index in [0.29, 0.717) is 5.92 Å². The largest absolute Gasteiger partial charge is 0.0985 e. The molecule has 0 N–H and O–H groups in total. The fourth-order valence-corrected chi connectivity index (χ4v) is 2.99. The molecule has 0 radical (unpaired) electrons. The molecule has 1 unspecified atom stereocenters. The lowest BCUT2D eigenvalue weighted by atomic mass is 9.82. The Bertz CT molecular complexity index is 363. The second kappa shape index (κ2) is 6.64. The molecule has 0 aromatic carbocycles. The predicted molar refractivity (Wildman–Crippen MR) is 78.0 cm³/mol. The second-order valence-electron chi connectivity index (χ2n) is 4.59. The van der Waals surface area contributed by atoms with E-state index in [2.05, 4.69) is 46.4 Å². The van der Waals surface area contributed by atoms with E-state index in [4.69, 9.17) is 0 Å². The van der Waals surface area contributed by atoms with E-state index in [1.807, 2.05) is 6.08 Å². The predicted octanol–water partition coefficient (Wildman–Crippen LogP) is 5.59. The highest BCUT2D eigenvalue weighted by Crippen LogP contribution is 2.36. The van der Waals surface area contributed by atoms with Gasteiger partial charge in [-0.3, -0.25) is 0 Å². The number of hydrogen-bond acceptors (Lipinski definition) is 0. The van der Waals surface area contributed by atoms with Crippen LogP contribution in [0.15, 0.2) is 47.1 Å². The van der Waals surface area contributed by atoms with E-state index >= 15 is 0 Å². The molecule has 1 aliphatic rings. The van der Waals surface area contributed by atoms with Gasteiger partial charge in [0.05, 0.1) is 0 Å². The third kappa shape index (κ3) is 2.80. The van der Waals surface area contributed by atoms with Crippen LogP contribution in [0.4, 0.5) is 0 Å². The summed E-state index contributed by atoms with van der Waals surface area (Å²) in [6.07, 6.45) is 11.2. The van der Waals surface area contributed by atoms with E-state index in [0.717, 1.165) is 19.3 Å². The lowest BCUT2D eigenvalue weighted by molar-refractivity contribution is 0.633. The average Bonchev–Trinajstić information content (AvgIpc) is 2.52. The van der Waals surface area contributed by atoms with Gasteiger partial charge in [0.1, 0.15) is 0 Å². The van der Waals surface area contributed by atoms with Crippen LogP contribution in [0.5, 0.6) is 0 Å². The highest BCUT2D eigenvalue weighted by Gasteiger charge is 2.20. The standard InChI is InChI=1S/C17H26/c1-6-13-11-12-14(7-2)16(9-4)17(10-5)15(13)8-3/h6,11-12,16H,1,7-10H2,2-5H3. The van der Waals surface area contributed by atoms with Crippen molar-refractivity contribution in [3.8, 4) is 0 Å². The molecule has 17 heavy (non-hydrogen) atoms. The molecule has 0 bridgehead atoms. The average molecular weight is 230 g/mol. The van der Waals surface area contributed by atoms with Gasteiger partial charge in [-0.1, -0.05) is 63.6 Å². The summed E-state index contributed by atoms with van der Waals surface area (Å²) in [5, 5.41) is 0. The van der Waals surface area contributed by atoms with Crippen molar-refractivity contribution < 1.29 is 0 Å². The summed E-state index contributed by atoms with van der Waals surface area (Å²) in [5.74, 6) is 0.647. The van der Waals surface area contributed by atoms with Crippen LogP contribution in [0.1, 0.15) is 53.4 Å². The Morgan fingerprint density at radius 1 is 1.06 bits per heavy atom. The van der Waals surface area contributed by atoms with E-state index in [-0.39, 0.29) is 0 Å². The van der Waals surface area contributed by atoms with E-state index in [1.165, 1.54) is 17.6 Å². The molecule has 1 rings (SSSR count). The van der Waals surface area contributed by atoms with Crippen LogP contribution in [0, 0.1) is 5.92 Å². The van der Waals surface area contributed by atoms with Crippen molar-refractivity contribution in [2.45, 2.75) is 53.4 Å². The van der Waals surface area contributed by atoms with Gasteiger partial charge in [0.25, 0.3) is 0 Å². The molecule has 0 aromatic rings. The zero-order chi connectivity index (χ0) is 12.8. The van der Waals surface area contributed by atoms with Gasteiger partial charge < -0.3 is 0 Å². The van der Waals surface area contributed by atoms with Gasteiger partial charge >= 0.3 is 0 Å². The van der Waals surface area contributed by atoms with Gasteiger partial charge in [-0.25, -0.2) is 0 Å². The number of allylic oxidation sites excluding steroid dienone is 7. The zero-order valence-corrected chi connectivity index (χ0v) is 11.8. The topological polar surface area (TPSA) is 0 Å². The van der Waals surface area contributed by atoms with Crippen molar-refractivity contribution in [3.63, 3.8) is 0 Å². The van der Waals surface area contributed by atoms with E-state index in [1.54, 1.807) is 11.1 Å². The van der Waals surface area contributed by atoms with Crippen LogP contribution in [0.3, 0.4) is 0 Å². The minimum absolute atomic E-state index is 0.647. The summed E-state index contributed by atoms with van der Waals surface area (Å²) >= 11 is 0. The highest BCUT2D eigenvalue weighted by molar-refractivity contribution is 5.49. The van der Waals surface area contributed by atoms with Gasteiger partial charge in [-0.15, -0.1) is 0 Å². The van der Waals surface area contributed by atoms with Gasteiger partial charge in [0.2, 0.25) is 0 Å². The molecular weight excluding hydrogens is 204 g/mol. The van der Waals surface area contributed by atoms with Gasteiger partial charge in [0, 0.05) is 5.92 Å². The summed E-state index contributed by atoms with van der Waals surface area (Å²) in [7, 11) is 0. The molecule has 0 saturated heterocycles. The Morgan fingerprint density at radius 2 is 1.76 bits per heavy atom. The van der Waals surface area contributed by atoms with Crippen molar-refractivity contribution in [2.24, 2.45) is 5.92 Å². The van der Waals surface area contributed by atoms with Crippen molar-refractivity contribution in [1.82, 2.24) is 0 Å². The second-order valence-corrected chi connectivity index (χ2v) is 4.59.